The molecule has 2 unspecified atom stereocenters. The summed E-state index contributed by atoms with van der Waals surface area (Å²) in [7, 11) is 0. The van der Waals surface area contributed by atoms with Crippen LogP contribution in [0.3, 0.4) is 0 Å². The molecule has 0 bridgehead atoms. The number of amides is 1. The first-order valence-electron chi connectivity index (χ1n) is 8.30. The van der Waals surface area contributed by atoms with Crippen molar-refractivity contribution in [2.45, 2.75) is 70.3 Å². The maximum absolute atomic E-state index is 12.2. The van der Waals surface area contributed by atoms with Crippen molar-refractivity contribution >= 4 is 18.3 Å². The van der Waals surface area contributed by atoms with Crippen LogP contribution >= 0.6 is 12.4 Å². The summed E-state index contributed by atoms with van der Waals surface area (Å²) >= 11 is 0. The topological polar surface area (TPSA) is 75.4 Å². The second-order valence-electron chi connectivity index (χ2n) is 6.86. The van der Waals surface area contributed by atoms with Gasteiger partial charge in [0.1, 0.15) is 0 Å². The molecule has 0 aliphatic heterocycles. The molecule has 0 radical (unpaired) electrons. The number of hydrogen-bond acceptors (Lipinski definition) is 3. The molecule has 124 valence electrons. The van der Waals surface area contributed by atoms with Gasteiger partial charge in [0.25, 0.3) is 0 Å². The third kappa shape index (κ3) is 5.42. The van der Waals surface area contributed by atoms with Crippen LogP contribution in [0.1, 0.15) is 64.2 Å². The lowest BCUT2D eigenvalue weighted by atomic mass is 9.71. The number of rotatable bonds is 5. The van der Waals surface area contributed by atoms with Crippen molar-refractivity contribution in [3.8, 4) is 0 Å². The monoisotopic (exact) mass is 318 g/mol. The zero-order valence-corrected chi connectivity index (χ0v) is 13.8. The minimum Gasteiger partial charge on any atom is -0.393 e. The predicted octanol–water partition coefficient (Wildman–Crippen LogP) is 2.37. The normalized spacial score (nSPS) is 28.5. The smallest absolute Gasteiger partial charge is 0.220 e. The molecule has 0 heterocycles. The second kappa shape index (κ2) is 8.96. The van der Waals surface area contributed by atoms with Gasteiger partial charge in [-0.15, -0.1) is 12.4 Å². The van der Waals surface area contributed by atoms with Crippen molar-refractivity contribution in [3.63, 3.8) is 0 Å². The molecule has 0 spiro atoms. The van der Waals surface area contributed by atoms with Crippen molar-refractivity contribution in [2.75, 3.05) is 13.1 Å². The van der Waals surface area contributed by atoms with Crippen LogP contribution in [-0.2, 0) is 4.79 Å². The predicted molar refractivity (Wildman–Crippen MR) is 87.4 cm³/mol. The molecule has 2 saturated carbocycles. The molecular weight excluding hydrogens is 288 g/mol. The minimum absolute atomic E-state index is 0. The van der Waals surface area contributed by atoms with E-state index in [1.54, 1.807) is 0 Å². The van der Waals surface area contributed by atoms with Gasteiger partial charge in [-0.1, -0.05) is 32.1 Å². The Morgan fingerprint density at radius 1 is 1.14 bits per heavy atom. The van der Waals surface area contributed by atoms with Crippen LogP contribution in [0.15, 0.2) is 0 Å². The first-order chi connectivity index (χ1) is 9.65. The Hall–Kier alpha value is -0.320. The van der Waals surface area contributed by atoms with Crippen LogP contribution in [0.4, 0.5) is 0 Å². The molecule has 5 heteroatoms. The number of nitrogens with two attached hydrogens (primary N) is 1. The van der Waals surface area contributed by atoms with Gasteiger partial charge in [-0.25, -0.2) is 0 Å². The highest BCUT2D eigenvalue weighted by molar-refractivity contribution is 5.85. The van der Waals surface area contributed by atoms with E-state index in [0.29, 0.717) is 19.5 Å². The summed E-state index contributed by atoms with van der Waals surface area (Å²) in [5.41, 5.74) is 5.96. The van der Waals surface area contributed by atoms with E-state index in [2.05, 4.69) is 5.32 Å². The minimum atomic E-state index is -0.234. The molecule has 4 nitrogen and oxygen atoms in total. The fourth-order valence-corrected chi connectivity index (χ4v) is 3.83. The van der Waals surface area contributed by atoms with E-state index >= 15 is 0 Å². The highest BCUT2D eigenvalue weighted by atomic mass is 35.5. The average Bonchev–Trinajstić information content (AvgIpc) is 2.47. The maximum atomic E-state index is 12.2. The summed E-state index contributed by atoms with van der Waals surface area (Å²) < 4.78 is 0. The second-order valence-corrected chi connectivity index (χ2v) is 6.86. The molecule has 0 aromatic heterocycles. The number of halogens is 1. The first kappa shape index (κ1) is 18.7. The van der Waals surface area contributed by atoms with Gasteiger partial charge >= 0.3 is 0 Å². The Balaban J connectivity index is 0.00000220. The van der Waals surface area contributed by atoms with Gasteiger partial charge in [0.15, 0.2) is 0 Å². The van der Waals surface area contributed by atoms with E-state index in [0.717, 1.165) is 32.1 Å². The molecule has 21 heavy (non-hydrogen) atoms. The molecule has 0 aromatic rings. The van der Waals surface area contributed by atoms with Gasteiger partial charge in [0, 0.05) is 18.9 Å². The highest BCUT2D eigenvalue weighted by Crippen LogP contribution is 2.38. The molecule has 2 fully saturated rings. The van der Waals surface area contributed by atoms with E-state index in [1.165, 1.54) is 25.7 Å². The van der Waals surface area contributed by atoms with E-state index in [9.17, 15) is 9.90 Å². The van der Waals surface area contributed by atoms with E-state index in [1.807, 2.05) is 0 Å². The van der Waals surface area contributed by atoms with Crippen LogP contribution in [-0.4, -0.2) is 30.2 Å². The van der Waals surface area contributed by atoms with E-state index in [4.69, 9.17) is 5.73 Å². The zero-order valence-electron chi connectivity index (χ0n) is 13.0. The van der Waals surface area contributed by atoms with Gasteiger partial charge in [-0.3, -0.25) is 4.79 Å². The number of carbonyl (C=O) groups is 1. The summed E-state index contributed by atoms with van der Waals surface area (Å²) in [5.74, 6) is 0.364. The highest BCUT2D eigenvalue weighted by Gasteiger charge is 2.33. The van der Waals surface area contributed by atoms with Crippen molar-refractivity contribution in [1.29, 1.82) is 0 Å². The Labute approximate surface area is 134 Å². The lowest BCUT2D eigenvalue weighted by Gasteiger charge is -2.36. The third-order valence-corrected chi connectivity index (χ3v) is 5.31. The van der Waals surface area contributed by atoms with Crippen molar-refractivity contribution in [2.24, 2.45) is 17.1 Å². The van der Waals surface area contributed by atoms with Crippen LogP contribution < -0.4 is 11.1 Å². The molecule has 2 rings (SSSR count). The number of aliphatic hydroxyl groups is 1. The summed E-state index contributed by atoms with van der Waals surface area (Å²) in [4.78, 5) is 12.2. The summed E-state index contributed by atoms with van der Waals surface area (Å²) in [6.07, 6.45) is 10.4. The Bertz CT molecular complexity index is 319. The first-order valence-corrected chi connectivity index (χ1v) is 8.30. The van der Waals surface area contributed by atoms with Gasteiger partial charge in [0.05, 0.1) is 6.10 Å². The molecule has 2 aliphatic rings. The van der Waals surface area contributed by atoms with Crippen LogP contribution in [0.5, 0.6) is 0 Å². The Kier molecular flexibility index (Phi) is 7.99. The van der Waals surface area contributed by atoms with E-state index in [-0.39, 0.29) is 35.8 Å². The van der Waals surface area contributed by atoms with Crippen LogP contribution in [0.2, 0.25) is 0 Å². The number of hydrogen-bond donors (Lipinski definition) is 3. The summed E-state index contributed by atoms with van der Waals surface area (Å²) in [6.45, 7) is 1.24. The largest absolute Gasteiger partial charge is 0.393 e. The molecule has 0 saturated heterocycles. The number of carbonyl (C=O) groups excluding carboxylic acids is 1. The molecule has 2 atom stereocenters. The molecular formula is C16H31ClN2O2. The van der Waals surface area contributed by atoms with Crippen molar-refractivity contribution in [1.82, 2.24) is 5.32 Å². The van der Waals surface area contributed by atoms with Gasteiger partial charge in [-0.2, -0.15) is 0 Å². The molecule has 4 N–H and O–H groups in total. The van der Waals surface area contributed by atoms with Crippen molar-refractivity contribution in [3.05, 3.63) is 0 Å². The summed E-state index contributed by atoms with van der Waals surface area (Å²) in [6, 6.07) is 0. The fraction of sp³-hybridized carbons (Fsp3) is 0.938. The van der Waals surface area contributed by atoms with Crippen LogP contribution in [0.25, 0.3) is 0 Å². The van der Waals surface area contributed by atoms with Gasteiger partial charge < -0.3 is 16.2 Å². The van der Waals surface area contributed by atoms with E-state index < -0.39 is 0 Å². The molecule has 2 aliphatic carbocycles. The van der Waals surface area contributed by atoms with Crippen molar-refractivity contribution < 1.29 is 9.90 Å². The lowest BCUT2D eigenvalue weighted by molar-refractivity contribution is -0.124. The van der Waals surface area contributed by atoms with Gasteiger partial charge in [-0.05, 0) is 37.6 Å². The average molecular weight is 319 g/mol. The van der Waals surface area contributed by atoms with Gasteiger partial charge in [0.2, 0.25) is 5.91 Å². The SMILES string of the molecule is Cl.NCC1(CC(=O)NCC2CCCCC2O)CCCCC1. The standard InChI is InChI=1S/C16H30N2O2.ClH/c17-12-16(8-4-1-5-9-16)10-15(20)18-11-13-6-2-3-7-14(13)19;/h13-14,19H,1-12,17H2,(H,18,20);1H. The fourth-order valence-electron chi connectivity index (χ4n) is 3.83. The Morgan fingerprint density at radius 3 is 2.43 bits per heavy atom. The quantitative estimate of drug-likeness (QED) is 0.728. The Morgan fingerprint density at radius 2 is 1.81 bits per heavy atom. The lowest BCUT2D eigenvalue weighted by Crippen LogP contribution is -2.41. The summed E-state index contributed by atoms with van der Waals surface area (Å²) in [5, 5.41) is 13.0. The maximum Gasteiger partial charge on any atom is 0.220 e. The zero-order chi connectivity index (χ0) is 14.4. The molecule has 1 amide bonds. The number of aliphatic hydroxyl groups excluding tert-OH is 1. The number of nitrogens with one attached hydrogen (secondary N) is 1. The third-order valence-electron chi connectivity index (χ3n) is 5.31. The molecule has 0 aromatic carbocycles. The van der Waals surface area contributed by atoms with Crippen LogP contribution in [0, 0.1) is 11.3 Å².